The van der Waals surface area contributed by atoms with E-state index in [4.69, 9.17) is 15.9 Å². The lowest BCUT2D eigenvalue weighted by molar-refractivity contribution is -0.148. The highest BCUT2D eigenvalue weighted by Gasteiger charge is 2.32. The number of nitrogens with one attached hydrogen (secondary N) is 4. The first-order valence-electron chi connectivity index (χ1n) is 10.8. The number of rotatable bonds is 13. The van der Waals surface area contributed by atoms with Crippen molar-refractivity contribution in [2.45, 2.75) is 50.4 Å². The van der Waals surface area contributed by atoms with Crippen molar-refractivity contribution in [1.82, 2.24) is 20.9 Å². The number of H-pyrrole nitrogens is 1. The maximum Gasteiger partial charge on any atom is 0.326 e. The molecule has 0 aliphatic heterocycles. The molecule has 0 radical (unpaired) electrons. The first-order valence-corrected chi connectivity index (χ1v) is 10.8. The van der Waals surface area contributed by atoms with Gasteiger partial charge in [-0.05, 0) is 18.6 Å². The Morgan fingerprint density at radius 1 is 0.833 bits per heavy atom. The molecule has 4 atom stereocenters. The fourth-order valence-corrected chi connectivity index (χ4v) is 3.34. The molecular formula is C22H27N5O9. The molecule has 3 amide bonds. The number of carboxylic acid groups (broad SMARTS) is 3. The van der Waals surface area contributed by atoms with Crippen LogP contribution in [0.25, 0.3) is 10.9 Å². The van der Waals surface area contributed by atoms with Crippen LogP contribution >= 0.6 is 0 Å². The van der Waals surface area contributed by atoms with E-state index in [9.17, 15) is 33.9 Å². The molecule has 9 N–H and O–H groups in total. The van der Waals surface area contributed by atoms with Crippen molar-refractivity contribution in [1.29, 1.82) is 0 Å². The second-order valence-corrected chi connectivity index (χ2v) is 8.07. The van der Waals surface area contributed by atoms with Crippen molar-refractivity contribution in [3.63, 3.8) is 0 Å². The number of nitrogens with two attached hydrogens (primary N) is 1. The summed E-state index contributed by atoms with van der Waals surface area (Å²) >= 11 is 0. The Morgan fingerprint density at radius 2 is 1.36 bits per heavy atom. The van der Waals surface area contributed by atoms with Crippen LogP contribution in [0.1, 0.15) is 25.3 Å². The average Bonchev–Trinajstić information content (AvgIpc) is 3.19. The van der Waals surface area contributed by atoms with E-state index in [0.29, 0.717) is 5.56 Å². The summed E-state index contributed by atoms with van der Waals surface area (Å²) in [6.45, 7) is 1.39. The molecule has 4 unspecified atom stereocenters. The summed E-state index contributed by atoms with van der Waals surface area (Å²) in [6, 6.07) is 1.30. The van der Waals surface area contributed by atoms with Gasteiger partial charge in [-0.1, -0.05) is 18.2 Å². The van der Waals surface area contributed by atoms with Crippen molar-refractivity contribution in [2.75, 3.05) is 0 Å². The van der Waals surface area contributed by atoms with Crippen molar-refractivity contribution in [2.24, 2.45) is 5.73 Å². The van der Waals surface area contributed by atoms with E-state index in [1.807, 2.05) is 5.32 Å². The van der Waals surface area contributed by atoms with Gasteiger partial charge in [-0.3, -0.25) is 24.0 Å². The molecule has 1 heterocycles. The highest BCUT2D eigenvalue weighted by atomic mass is 16.4. The van der Waals surface area contributed by atoms with Gasteiger partial charge in [0.25, 0.3) is 0 Å². The minimum absolute atomic E-state index is 0.0491. The summed E-state index contributed by atoms with van der Waals surface area (Å²) in [4.78, 5) is 74.4. The minimum Gasteiger partial charge on any atom is -0.481 e. The highest BCUT2D eigenvalue weighted by molar-refractivity contribution is 5.96. The third-order valence-corrected chi connectivity index (χ3v) is 5.15. The van der Waals surface area contributed by atoms with Crippen molar-refractivity contribution in [3.8, 4) is 0 Å². The molecule has 194 valence electrons. The summed E-state index contributed by atoms with van der Waals surface area (Å²) in [5, 5.41) is 34.5. The van der Waals surface area contributed by atoms with Crippen LogP contribution < -0.4 is 21.7 Å². The molecule has 2 aromatic rings. The number of aliphatic carboxylic acids is 3. The van der Waals surface area contributed by atoms with Crippen molar-refractivity contribution >= 4 is 46.5 Å². The van der Waals surface area contributed by atoms with Gasteiger partial charge in [-0.15, -0.1) is 0 Å². The molecule has 14 nitrogen and oxygen atoms in total. The van der Waals surface area contributed by atoms with E-state index < -0.39 is 72.6 Å². The standard InChI is InChI=1S/C22H27N5O9/c1-10(23)19(32)25-14(6-11-9-24-13-5-3-2-4-12(11)13)20(33)26-15(7-17(28)29)21(34)27-16(22(35)36)8-18(30)31/h2-5,9-10,14-16,24H,6-8,23H2,1H3,(H,25,32)(H,26,33)(H,27,34)(H,28,29)(H,30,31)(H,35,36). The predicted octanol–water partition coefficient (Wildman–Crippen LogP) is -1.45. The molecule has 0 bridgehead atoms. The fourth-order valence-electron chi connectivity index (χ4n) is 3.34. The summed E-state index contributed by atoms with van der Waals surface area (Å²) in [5.41, 5.74) is 7.00. The Labute approximate surface area is 204 Å². The van der Waals surface area contributed by atoms with Crippen LogP contribution in [0.5, 0.6) is 0 Å². The lowest BCUT2D eigenvalue weighted by Gasteiger charge is -2.24. The smallest absolute Gasteiger partial charge is 0.326 e. The Bertz CT molecular complexity index is 1160. The van der Waals surface area contributed by atoms with E-state index in [-0.39, 0.29) is 6.42 Å². The Kier molecular flexibility index (Phi) is 9.50. The second kappa shape index (κ2) is 12.3. The number of fused-ring (bicyclic) bond motifs is 1. The van der Waals surface area contributed by atoms with E-state index in [0.717, 1.165) is 10.9 Å². The number of carbonyl (C=O) groups is 6. The molecule has 36 heavy (non-hydrogen) atoms. The Balaban J connectivity index is 2.28. The van der Waals surface area contributed by atoms with Gasteiger partial charge in [0.2, 0.25) is 17.7 Å². The predicted molar refractivity (Wildman–Crippen MR) is 124 cm³/mol. The van der Waals surface area contributed by atoms with E-state index in [2.05, 4.69) is 15.6 Å². The molecule has 0 aliphatic carbocycles. The summed E-state index contributed by atoms with van der Waals surface area (Å²) < 4.78 is 0. The number of hydrogen-bond donors (Lipinski definition) is 8. The summed E-state index contributed by atoms with van der Waals surface area (Å²) in [7, 11) is 0. The quantitative estimate of drug-likeness (QED) is 0.157. The van der Waals surface area contributed by atoms with Gasteiger partial charge < -0.3 is 42.0 Å². The molecule has 2 rings (SSSR count). The van der Waals surface area contributed by atoms with Crippen LogP contribution in [0.3, 0.4) is 0 Å². The normalized spacial score (nSPS) is 14.2. The molecule has 1 aromatic carbocycles. The van der Waals surface area contributed by atoms with Crippen LogP contribution in [-0.4, -0.2) is 80.1 Å². The molecular weight excluding hydrogens is 478 g/mol. The van der Waals surface area contributed by atoms with Crippen molar-refractivity contribution < 1.29 is 44.1 Å². The zero-order chi connectivity index (χ0) is 27.0. The topological polar surface area (TPSA) is 241 Å². The van der Waals surface area contributed by atoms with Gasteiger partial charge >= 0.3 is 17.9 Å². The number of aromatic amines is 1. The lowest BCUT2D eigenvalue weighted by atomic mass is 10.0. The highest BCUT2D eigenvalue weighted by Crippen LogP contribution is 2.19. The fraction of sp³-hybridized carbons (Fsp3) is 0.364. The van der Waals surface area contributed by atoms with E-state index >= 15 is 0 Å². The third-order valence-electron chi connectivity index (χ3n) is 5.15. The second-order valence-electron chi connectivity index (χ2n) is 8.07. The number of aromatic nitrogens is 1. The number of para-hydroxylation sites is 1. The van der Waals surface area contributed by atoms with Crippen LogP contribution in [0.4, 0.5) is 0 Å². The molecule has 0 aliphatic rings. The van der Waals surface area contributed by atoms with E-state index in [1.54, 1.807) is 30.5 Å². The van der Waals surface area contributed by atoms with Crippen LogP contribution in [0.15, 0.2) is 30.5 Å². The third kappa shape index (κ3) is 7.80. The molecule has 0 saturated heterocycles. The number of amides is 3. The van der Waals surface area contributed by atoms with Gasteiger partial charge in [-0.25, -0.2) is 4.79 Å². The molecule has 1 aromatic heterocycles. The molecule has 0 fully saturated rings. The average molecular weight is 505 g/mol. The van der Waals surface area contributed by atoms with E-state index in [1.165, 1.54) is 6.92 Å². The van der Waals surface area contributed by atoms with Gasteiger partial charge in [0.05, 0.1) is 18.9 Å². The molecule has 0 spiro atoms. The summed E-state index contributed by atoms with van der Waals surface area (Å²) in [5.74, 6) is -7.49. The monoisotopic (exact) mass is 505 g/mol. The number of benzene rings is 1. The Hall–Kier alpha value is -4.46. The number of carboxylic acids is 3. The van der Waals surface area contributed by atoms with Gasteiger partial charge in [0, 0.05) is 23.5 Å². The maximum atomic E-state index is 13.1. The van der Waals surface area contributed by atoms with Crippen LogP contribution in [0, 0.1) is 0 Å². The first-order chi connectivity index (χ1) is 16.9. The zero-order valence-corrected chi connectivity index (χ0v) is 19.2. The van der Waals surface area contributed by atoms with Gasteiger partial charge in [-0.2, -0.15) is 0 Å². The lowest BCUT2D eigenvalue weighted by Crippen LogP contribution is -2.58. The largest absolute Gasteiger partial charge is 0.481 e. The van der Waals surface area contributed by atoms with Gasteiger partial charge in [0.15, 0.2) is 0 Å². The maximum absolute atomic E-state index is 13.1. The first kappa shape index (κ1) is 27.8. The van der Waals surface area contributed by atoms with Gasteiger partial charge in [0.1, 0.15) is 18.1 Å². The zero-order valence-electron chi connectivity index (χ0n) is 19.2. The number of hydrogen-bond acceptors (Lipinski definition) is 7. The molecule has 14 heteroatoms. The Morgan fingerprint density at radius 3 is 1.94 bits per heavy atom. The summed E-state index contributed by atoms with van der Waals surface area (Å²) in [6.07, 6.45) is -0.319. The minimum atomic E-state index is -1.86. The van der Waals surface area contributed by atoms with Crippen LogP contribution in [0.2, 0.25) is 0 Å². The van der Waals surface area contributed by atoms with Crippen LogP contribution in [-0.2, 0) is 35.2 Å². The molecule has 0 saturated carbocycles. The van der Waals surface area contributed by atoms with Crippen molar-refractivity contribution in [3.05, 3.63) is 36.0 Å². The number of carbonyl (C=O) groups excluding carboxylic acids is 3. The SMILES string of the molecule is CC(N)C(=O)NC(Cc1c[nH]c2ccccc12)C(=O)NC(CC(=O)O)C(=O)NC(CC(=O)O)C(=O)O.